The molecule has 1 heterocycles. The third-order valence-corrected chi connectivity index (χ3v) is 3.61. The zero-order valence-electron chi connectivity index (χ0n) is 12.2. The second-order valence-corrected chi connectivity index (χ2v) is 5.12. The van der Waals surface area contributed by atoms with Gasteiger partial charge in [0, 0.05) is 18.2 Å². The molecule has 1 N–H and O–H groups in total. The maximum Gasteiger partial charge on any atom is 0.255 e. The summed E-state index contributed by atoms with van der Waals surface area (Å²) in [5, 5.41) is 2.94. The third kappa shape index (κ3) is 2.52. The van der Waals surface area contributed by atoms with Gasteiger partial charge in [-0.3, -0.25) is 4.79 Å². The van der Waals surface area contributed by atoms with E-state index in [4.69, 9.17) is 4.42 Å². The van der Waals surface area contributed by atoms with Crippen LogP contribution in [0.25, 0.3) is 11.1 Å². The summed E-state index contributed by atoms with van der Waals surface area (Å²) in [6.45, 7) is 5.81. The molecule has 4 heteroatoms. The Morgan fingerprint density at radius 2 is 1.95 bits per heavy atom. The van der Waals surface area contributed by atoms with E-state index in [0.29, 0.717) is 22.6 Å². The number of benzene rings is 2. The number of fused-ring (bicyclic) bond motifs is 1. The van der Waals surface area contributed by atoms with E-state index >= 15 is 0 Å². The van der Waals surface area contributed by atoms with E-state index < -0.39 is 0 Å². The Morgan fingerprint density at radius 1 is 1.14 bits per heavy atom. The summed E-state index contributed by atoms with van der Waals surface area (Å²) in [7, 11) is 0. The van der Waals surface area contributed by atoms with Gasteiger partial charge in [0.25, 0.3) is 5.91 Å². The van der Waals surface area contributed by atoms with Crippen LogP contribution in [-0.4, -0.2) is 10.9 Å². The van der Waals surface area contributed by atoms with Gasteiger partial charge in [0.05, 0.1) is 0 Å². The molecular formula is C17H16N2O2. The molecule has 0 radical (unpaired) electrons. The second kappa shape index (κ2) is 5.05. The summed E-state index contributed by atoms with van der Waals surface area (Å²) in [5.41, 5.74) is 5.00. The molecule has 4 nitrogen and oxygen atoms in total. The van der Waals surface area contributed by atoms with E-state index in [1.54, 1.807) is 25.1 Å². The van der Waals surface area contributed by atoms with Crippen molar-refractivity contribution in [2.75, 3.05) is 5.32 Å². The quantitative estimate of drug-likeness (QED) is 0.771. The van der Waals surface area contributed by atoms with Crippen molar-refractivity contribution in [3.05, 3.63) is 59.0 Å². The molecular weight excluding hydrogens is 264 g/mol. The summed E-state index contributed by atoms with van der Waals surface area (Å²) in [6.07, 6.45) is 0. The van der Waals surface area contributed by atoms with Gasteiger partial charge in [-0.05, 0) is 49.2 Å². The highest BCUT2D eigenvalue weighted by Crippen LogP contribution is 2.21. The summed E-state index contributed by atoms with van der Waals surface area (Å²) in [6, 6.07) is 11.1. The number of carbonyl (C=O) groups excluding carboxylic acids is 1. The number of aryl methyl sites for hydroxylation is 2. The number of oxazole rings is 1. The fourth-order valence-electron chi connectivity index (χ4n) is 2.26. The molecule has 0 aliphatic rings. The first kappa shape index (κ1) is 13.4. The zero-order valence-corrected chi connectivity index (χ0v) is 12.2. The van der Waals surface area contributed by atoms with Crippen LogP contribution in [0.2, 0.25) is 0 Å². The lowest BCUT2D eigenvalue weighted by atomic mass is 10.1. The van der Waals surface area contributed by atoms with Crippen LogP contribution in [0.5, 0.6) is 0 Å². The van der Waals surface area contributed by atoms with Crippen LogP contribution in [0, 0.1) is 20.8 Å². The van der Waals surface area contributed by atoms with Gasteiger partial charge in [-0.1, -0.05) is 12.1 Å². The number of rotatable bonds is 2. The lowest BCUT2D eigenvalue weighted by molar-refractivity contribution is 0.102. The number of hydrogen-bond acceptors (Lipinski definition) is 3. The van der Waals surface area contributed by atoms with Crippen molar-refractivity contribution in [3.63, 3.8) is 0 Å². The average Bonchev–Trinajstić information content (AvgIpc) is 2.82. The van der Waals surface area contributed by atoms with Gasteiger partial charge in [-0.15, -0.1) is 0 Å². The summed E-state index contributed by atoms with van der Waals surface area (Å²) >= 11 is 0. The van der Waals surface area contributed by atoms with E-state index in [1.807, 2.05) is 32.0 Å². The molecule has 0 fully saturated rings. The van der Waals surface area contributed by atoms with Gasteiger partial charge in [-0.25, -0.2) is 4.98 Å². The molecule has 1 amide bonds. The SMILES string of the molecule is Cc1nc2cc(C(=O)Nc3cccc(C)c3C)ccc2o1. The van der Waals surface area contributed by atoms with Gasteiger partial charge in [0.1, 0.15) is 5.52 Å². The van der Waals surface area contributed by atoms with Gasteiger partial charge in [0.2, 0.25) is 0 Å². The van der Waals surface area contributed by atoms with Crippen molar-refractivity contribution < 1.29 is 9.21 Å². The lowest BCUT2D eigenvalue weighted by Gasteiger charge is -2.10. The molecule has 106 valence electrons. The number of anilines is 1. The fraction of sp³-hybridized carbons (Fsp3) is 0.176. The Labute approximate surface area is 122 Å². The van der Waals surface area contributed by atoms with Crippen molar-refractivity contribution in [3.8, 4) is 0 Å². The Morgan fingerprint density at radius 3 is 2.76 bits per heavy atom. The summed E-state index contributed by atoms with van der Waals surface area (Å²) in [4.78, 5) is 16.6. The number of amides is 1. The molecule has 0 saturated carbocycles. The zero-order chi connectivity index (χ0) is 15.0. The number of nitrogens with one attached hydrogen (secondary N) is 1. The highest BCUT2D eigenvalue weighted by Gasteiger charge is 2.11. The van der Waals surface area contributed by atoms with Gasteiger partial charge >= 0.3 is 0 Å². The van der Waals surface area contributed by atoms with Crippen molar-refractivity contribution in [2.24, 2.45) is 0 Å². The van der Waals surface area contributed by atoms with E-state index in [-0.39, 0.29) is 5.91 Å². The smallest absolute Gasteiger partial charge is 0.255 e. The topological polar surface area (TPSA) is 55.1 Å². The Kier molecular flexibility index (Phi) is 3.22. The van der Waals surface area contributed by atoms with Crippen molar-refractivity contribution in [2.45, 2.75) is 20.8 Å². The molecule has 0 bridgehead atoms. The molecule has 3 aromatic rings. The highest BCUT2D eigenvalue weighted by atomic mass is 16.3. The van der Waals surface area contributed by atoms with Crippen LogP contribution in [0.15, 0.2) is 40.8 Å². The highest BCUT2D eigenvalue weighted by molar-refractivity contribution is 6.06. The largest absolute Gasteiger partial charge is 0.441 e. The minimum absolute atomic E-state index is 0.147. The minimum Gasteiger partial charge on any atom is -0.441 e. The maximum absolute atomic E-state index is 12.4. The van der Waals surface area contributed by atoms with Crippen LogP contribution in [-0.2, 0) is 0 Å². The van der Waals surface area contributed by atoms with Gasteiger partial charge < -0.3 is 9.73 Å². The molecule has 0 atom stereocenters. The molecule has 0 aliphatic carbocycles. The van der Waals surface area contributed by atoms with Crippen LogP contribution in [0.1, 0.15) is 27.4 Å². The predicted molar refractivity (Wildman–Crippen MR) is 82.6 cm³/mol. The van der Waals surface area contributed by atoms with E-state index in [0.717, 1.165) is 16.8 Å². The number of hydrogen-bond donors (Lipinski definition) is 1. The first-order chi connectivity index (χ1) is 10.0. The van der Waals surface area contributed by atoms with Crippen LogP contribution in [0.4, 0.5) is 5.69 Å². The van der Waals surface area contributed by atoms with E-state index in [1.165, 1.54) is 0 Å². The number of carbonyl (C=O) groups is 1. The third-order valence-electron chi connectivity index (χ3n) is 3.61. The fourth-order valence-corrected chi connectivity index (χ4v) is 2.26. The molecule has 0 unspecified atom stereocenters. The average molecular weight is 280 g/mol. The lowest BCUT2D eigenvalue weighted by Crippen LogP contribution is -2.12. The van der Waals surface area contributed by atoms with Gasteiger partial charge in [0.15, 0.2) is 11.5 Å². The monoisotopic (exact) mass is 280 g/mol. The summed E-state index contributed by atoms with van der Waals surface area (Å²) < 4.78 is 5.41. The van der Waals surface area contributed by atoms with Crippen molar-refractivity contribution in [1.29, 1.82) is 0 Å². The Balaban J connectivity index is 1.91. The first-order valence-corrected chi connectivity index (χ1v) is 6.79. The van der Waals surface area contributed by atoms with Gasteiger partial charge in [-0.2, -0.15) is 0 Å². The van der Waals surface area contributed by atoms with Crippen LogP contribution < -0.4 is 5.32 Å². The van der Waals surface area contributed by atoms with E-state index in [2.05, 4.69) is 10.3 Å². The van der Waals surface area contributed by atoms with E-state index in [9.17, 15) is 4.79 Å². The molecule has 0 aliphatic heterocycles. The normalized spacial score (nSPS) is 10.8. The molecule has 0 spiro atoms. The van der Waals surface area contributed by atoms with Crippen molar-refractivity contribution >= 4 is 22.7 Å². The maximum atomic E-state index is 12.4. The van der Waals surface area contributed by atoms with Crippen LogP contribution in [0.3, 0.4) is 0 Å². The first-order valence-electron chi connectivity index (χ1n) is 6.79. The molecule has 3 rings (SSSR count). The Hall–Kier alpha value is -2.62. The van der Waals surface area contributed by atoms with Crippen LogP contribution >= 0.6 is 0 Å². The molecule has 0 saturated heterocycles. The standard InChI is InChI=1S/C17H16N2O2/c1-10-5-4-6-14(11(10)2)19-17(20)13-7-8-16-15(9-13)18-12(3)21-16/h4-9H,1-3H3,(H,19,20). The second-order valence-electron chi connectivity index (χ2n) is 5.12. The number of nitrogens with zero attached hydrogens (tertiary/aromatic N) is 1. The predicted octanol–water partition coefficient (Wildman–Crippen LogP) is 4.01. The molecule has 21 heavy (non-hydrogen) atoms. The molecule has 1 aromatic heterocycles. The number of aromatic nitrogens is 1. The molecule has 2 aromatic carbocycles. The minimum atomic E-state index is -0.147. The Bertz CT molecular complexity index is 834. The van der Waals surface area contributed by atoms with Crippen molar-refractivity contribution in [1.82, 2.24) is 4.98 Å². The summed E-state index contributed by atoms with van der Waals surface area (Å²) in [5.74, 6) is 0.448.